The zero-order valence-corrected chi connectivity index (χ0v) is 12.3. The van der Waals surface area contributed by atoms with Gasteiger partial charge in [-0.1, -0.05) is 43.3 Å². The van der Waals surface area contributed by atoms with E-state index in [1.807, 2.05) is 12.1 Å². The Bertz CT molecular complexity index is 533. The molecule has 2 rings (SSSR count). The Kier molecular flexibility index (Phi) is 5.19. The predicted molar refractivity (Wildman–Crippen MR) is 84.2 cm³/mol. The van der Waals surface area contributed by atoms with Crippen LogP contribution in [0.5, 0.6) is 5.75 Å². The molecule has 0 amide bonds. The van der Waals surface area contributed by atoms with Crippen LogP contribution in [-0.4, -0.2) is 13.2 Å². The maximum Gasteiger partial charge on any atom is 0.119 e. The largest absolute Gasteiger partial charge is 0.497 e. The van der Waals surface area contributed by atoms with Gasteiger partial charge >= 0.3 is 0 Å². The minimum Gasteiger partial charge on any atom is -0.497 e. The molecule has 0 aliphatic carbocycles. The van der Waals surface area contributed by atoms with Gasteiger partial charge in [0.1, 0.15) is 5.75 Å². The van der Waals surface area contributed by atoms with Crippen LogP contribution in [0.1, 0.15) is 23.6 Å². The average Bonchev–Trinajstić information content (AvgIpc) is 2.48. The molecule has 0 saturated carbocycles. The summed E-state index contributed by atoms with van der Waals surface area (Å²) < 4.78 is 5.24. The van der Waals surface area contributed by atoms with Gasteiger partial charge in [0.05, 0.1) is 7.11 Å². The Morgan fingerprint density at radius 2 is 1.60 bits per heavy atom. The van der Waals surface area contributed by atoms with E-state index < -0.39 is 0 Å². The van der Waals surface area contributed by atoms with Gasteiger partial charge in [0.2, 0.25) is 0 Å². The van der Waals surface area contributed by atoms with Crippen molar-refractivity contribution in [3.8, 4) is 5.75 Å². The van der Waals surface area contributed by atoms with Crippen molar-refractivity contribution in [2.45, 2.75) is 32.2 Å². The lowest BCUT2D eigenvalue weighted by Crippen LogP contribution is -2.25. The second-order valence-electron chi connectivity index (χ2n) is 5.19. The van der Waals surface area contributed by atoms with Gasteiger partial charge in [-0.15, -0.1) is 0 Å². The van der Waals surface area contributed by atoms with Crippen molar-refractivity contribution in [3.63, 3.8) is 0 Å². The molecule has 0 bridgehead atoms. The minimum atomic E-state index is 0.134. The third-order valence-corrected chi connectivity index (χ3v) is 3.56. The smallest absolute Gasteiger partial charge is 0.119 e. The minimum absolute atomic E-state index is 0.134. The first-order valence-corrected chi connectivity index (χ1v) is 7.17. The Morgan fingerprint density at radius 1 is 0.950 bits per heavy atom. The highest BCUT2D eigenvalue weighted by molar-refractivity contribution is 5.29. The molecule has 2 N–H and O–H groups in total. The van der Waals surface area contributed by atoms with Crippen molar-refractivity contribution in [2.75, 3.05) is 7.11 Å². The van der Waals surface area contributed by atoms with Crippen LogP contribution < -0.4 is 10.5 Å². The zero-order chi connectivity index (χ0) is 14.4. The van der Waals surface area contributed by atoms with Crippen LogP contribution in [0.15, 0.2) is 48.5 Å². The third kappa shape index (κ3) is 4.10. The quantitative estimate of drug-likeness (QED) is 0.872. The molecular formula is C18H23NO. The summed E-state index contributed by atoms with van der Waals surface area (Å²) >= 11 is 0. The van der Waals surface area contributed by atoms with Crippen LogP contribution in [0.3, 0.4) is 0 Å². The van der Waals surface area contributed by atoms with Crippen LogP contribution in [0.25, 0.3) is 0 Å². The van der Waals surface area contributed by atoms with Crippen molar-refractivity contribution in [1.29, 1.82) is 0 Å². The molecule has 0 aliphatic heterocycles. The first-order chi connectivity index (χ1) is 9.71. The fraction of sp³-hybridized carbons (Fsp3) is 0.333. The second-order valence-corrected chi connectivity index (χ2v) is 5.19. The molecule has 2 heteroatoms. The van der Waals surface area contributed by atoms with Gasteiger partial charge in [-0.05, 0) is 48.1 Å². The van der Waals surface area contributed by atoms with E-state index in [-0.39, 0.29) is 6.04 Å². The van der Waals surface area contributed by atoms with E-state index in [4.69, 9.17) is 10.5 Å². The molecule has 0 heterocycles. The maximum atomic E-state index is 6.26. The molecular weight excluding hydrogens is 246 g/mol. The zero-order valence-electron chi connectivity index (χ0n) is 12.3. The number of hydrogen-bond acceptors (Lipinski definition) is 2. The molecule has 2 aromatic rings. The van der Waals surface area contributed by atoms with E-state index in [0.29, 0.717) is 0 Å². The molecule has 0 spiro atoms. The lowest BCUT2D eigenvalue weighted by Gasteiger charge is -2.13. The van der Waals surface area contributed by atoms with E-state index >= 15 is 0 Å². The summed E-state index contributed by atoms with van der Waals surface area (Å²) in [7, 11) is 1.69. The fourth-order valence-electron chi connectivity index (χ4n) is 2.39. The highest BCUT2D eigenvalue weighted by Crippen LogP contribution is 2.15. The predicted octanol–water partition coefficient (Wildman–Crippen LogP) is 3.37. The van der Waals surface area contributed by atoms with Gasteiger partial charge < -0.3 is 10.5 Å². The van der Waals surface area contributed by atoms with Crippen molar-refractivity contribution in [3.05, 3.63) is 65.2 Å². The molecule has 2 aromatic carbocycles. The third-order valence-electron chi connectivity index (χ3n) is 3.56. The molecule has 1 unspecified atom stereocenters. The molecule has 0 fully saturated rings. The maximum absolute atomic E-state index is 6.26. The fourth-order valence-corrected chi connectivity index (χ4v) is 2.39. The van der Waals surface area contributed by atoms with Crippen molar-refractivity contribution >= 4 is 0 Å². The van der Waals surface area contributed by atoms with E-state index in [0.717, 1.165) is 25.0 Å². The van der Waals surface area contributed by atoms with Crippen LogP contribution >= 0.6 is 0 Å². The number of hydrogen-bond donors (Lipinski definition) is 1. The molecule has 20 heavy (non-hydrogen) atoms. The SMILES string of the molecule is CCc1ccc(CC(N)Cc2cccc(OC)c2)cc1. The molecule has 2 nitrogen and oxygen atoms in total. The number of ether oxygens (including phenoxy) is 1. The van der Waals surface area contributed by atoms with Gasteiger partial charge in [-0.2, -0.15) is 0 Å². The van der Waals surface area contributed by atoms with Crippen LogP contribution in [0.2, 0.25) is 0 Å². The summed E-state index contributed by atoms with van der Waals surface area (Å²) in [6.45, 7) is 2.17. The van der Waals surface area contributed by atoms with E-state index in [2.05, 4.69) is 43.3 Å². The molecule has 106 valence electrons. The normalized spacial score (nSPS) is 12.2. The lowest BCUT2D eigenvalue weighted by molar-refractivity contribution is 0.414. The van der Waals surface area contributed by atoms with Crippen molar-refractivity contribution < 1.29 is 4.74 Å². The summed E-state index contributed by atoms with van der Waals surface area (Å²) in [6.07, 6.45) is 2.85. The Morgan fingerprint density at radius 3 is 2.25 bits per heavy atom. The Hall–Kier alpha value is -1.80. The van der Waals surface area contributed by atoms with Crippen molar-refractivity contribution in [2.24, 2.45) is 5.73 Å². The number of rotatable bonds is 6. The van der Waals surface area contributed by atoms with Gasteiger partial charge in [0, 0.05) is 6.04 Å². The van der Waals surface area contributed by atoms with Crippen LogP contribution in [-0.2, 0) is 19.3 Å². The first-order valence-electron chi connectivity index (χ1n) is 7.17. The van der Waals surface area contributed by atoms with Crippen LogP contribution in [0.4, 0.5) is 0 Å². The van der Waals surface area contributed by atoms with Gasteiger partial charge in [-0.25, -0.2) is 0 Å². The van der Waals surface area contributed by atoms with E-state index in [1.165, 1.54) is 16.7 Å². The summed E-state index contributed by atoms with van der Waals surface area (Å²) in [5, 5.41) is 0. The monoisotopic (exact) mass is 269 g/mol. The van der Waals surface area contributed by atoms with Gasteiger partial charge in [0.25, 0.3) is 0 Å². The highest BCUT2D eigenvalue weighted by atomic mass is 16.5. The highest BCUT2D eigenvalue weighted by Gasteiger charge is 2.06. The number of methoxy groups -OCH3 is 1. The molecule has 0 radical (unpaired) electrons. The second kappa shape index (κ2) is 7.11. The number of aryl methyl sites for hydroxylation is 1. The summed E-state index contributed by atoms with van der Waals surface area (Å²) in [5.74, 6) is 0.891. The molecule has 1 atom stereocenters. The topological polar surface area (TPSA) is 35.2 Å². The lowest BCUT2D eigenvalue weighted by atomic mass is 9.98. The van der Waals surface area contributed by atoms with E-state index in [9.17, 15) is 0 Å². The van der Waals surface area contributed by atoms with Crippen LogP contribution in [0, 0.1) is 0 Å². The molecule has 0 aromatic heterocycles. The summed E-state index contributed by atoms with van der Waals surface area (Å²) in [4.78, 5) is 0. The number of nitrogens with two attached hydrogens (primary N) is 1. The Balaban J connectivity index is 1.95. The molecule has 0 aliphatic rings. The van der Waals surface area contributed by atoms with Crippen molar-refractivity contribution in [1.82, 2.24) is 0 Å². The summed E-state index contributed by atoms with van der Waals surface area (Å²) in [5.41, 5.74) is 10.2. The Labute approximate surface area is 121 Å². The van der Waals surface area contributed by atoms with Gasteiger partial charge in [-0.3, -0.25) is 0 Å². The van der Waals surface area contributed by atoms with E-state index in [1.54, 1.807) is 7.11 Å². The summed E-state index contributed by atoms with van der Waals surface area (Å²) in [6, 6.07) is 17.0. The molecule has 0 saturated heterocycles. The first kappa shape index (κ1) is 14.6. The standard InChI is InChI=1S/C18H23NO/c1-3-14-7-9-15(10-8-14)11-17(19)12-16-5-4-6-18(13-16)20-2/h4-10,13,17H,3,11-12,19H2,1-2H3. The van der Waals surface area contributed by atoms with Gasteiger partial charge in [0.15, 0.2) is 0 Å². The average molecular weight is 269 g/mol. The number of benzene rings is 2.